The van der Waals surface area contributed by atoms with E-state index >= 15 is 0 Å². The molecule has 3 aromatic rings. The number of ether oxygens (including phenoxy) is 2. The number of nitrogen functional groups attached to an aromatic ring is 2. The van der Waals surface area contributed by atoms with Crippen LogP contribution in [0.3, 0.4) is 0 Å². The number of nitrogens with two attached hydrogens (primary N) is 2. The van der Waals surface area contributed by atoms with Crippen LogP contribution in [0.15, 0.2) is 54.6 Å². The summed E-state index contributed by atoms with van der Waals surface area (Å²) in [5.74, 6) is 1.79. The van der Waals surface area contributed by atoms with Gasteiger partial charge in [0.1, 0.15) is 5.75 Å². The van der Waals surface area contributed by atoms with Gasteiger partial charge in [0.2, 0.25) is 5.95 Å². The van der Waals surface area contributed by atoms with Crippen molar-refractivity contribution in [2.45, 2.75) is 19.8 Å². The lowest BCUT2D eigenvalue weighted by atomic mass is 10.1. The number of aryl methyl sites for hydroxylation is 1. The Morgan fingerprint density at radius 2 is 1.57 bits per heavy atom. The van der Waals surface area contributed by atoms with Crippen LogP contribution in [-0.2, 0) is 6.42 Å². The molecule has 28 heavy (non-hydrogen) atoms. The van der Waals surface area contributed by atoms with Crippen LogP contribution < -0.4 is 20.9 Å². The van der Waals surface area contributed by atoms with Gasteiger partial charge in [-0.1, -0.05) is 49.4 Å². The monoisotopic (exact) mass is 400 g/mol. The van der Waals surface area contributed by atoms with Crippen molar-refractivity contribution in [3.63, 3.8) is 0 Å². The van der Waals surface area contributed by atoms with Gasteiger partial charge in [-0.3, -0.25) is 0 Å². The predicted molar refractivity (Wildman–Crippen MR) is 115 cm³/mol. The quantitative estimate of drug-likeness (QED) is 0.551. The average molecular weight is 401 g/mol. The molecule has 1 aromatic heterocycles. The number of hydrogen-bond donors (Lipinski definition) is 2. The lowest BCUT2D eigenvalue weighted by molar-refractivity contribution is 0.246. The van der Waals surface area contributed by atoms with E-state index in [1.165, 1.54) is 0 Å². The van der Waals surface area contributed by atoms with Crippen LogP contribution in [0.25, 0.3) is 11.1 Å². The molecule has 0 fully saturated rings. The molecule has 0 aliphatic heterocycles. The van der Waals surface area contributed by atoms with E-state index in [4.69, 9.17) is 20.9 Å². The second-order valence-electron chi connectivity index (χ2n) is 6.04. The molecule has 0 aliphatic rings. The first-order valence-corrected chi connectivity index (χ1v) is 9.00. The van der Waals surface area contributed by atoms with E-state index in [9.17, 15) is 0 Å². The molecule has 3 rings (SSSR count). The molecule has 6 nitrogen and oxygen atoms in total. The number of nitrogens with zero attached hydrogens (tertiary/aromatic N) is 2. The molecular weight excluding hydrogens is 376 g/mol. The summed E-state index contributed by atoms with van der Waals surface area (Å²) in [5.41, 5.74) is 14.5. The van der Waals surface area contributed by atoms with Crippen molar-refractivity contribution in [2.24, 2.45) is 0 Å². The molecule has 148 valence electrons. The Bertz CT molecular complexity index is 891. The van der Waals surface area contributed by atoms with Crippen molar-refractivity contribution in [1.82, 2.24) is 9.97 Å². The zero-order chi connectivity index (χ0) is 19.1. The molecule has 7 heteroatoms. The highest BCUT2D eigenvalue weighted by atomic mass is 35.5. The molecule has 0 saturated carbocycles. The topological polar surface area (TPSA) is 96.3 Å². The first-order chi connectivity index (χ1) is 13.2. The zero-order valence-corrected chi connectivity index (χ0v) is 16.6. The van der Waals surface area contributed by atoms with Crippen molar-refractivity contribution < 1.29 is 9.47 Å². The molecule has 0 amide bonds. The van der Waals surface area contributed by atoms with Gasteiger partial charge in [0.15, 0.2) is 11.6 Å². The molecule has 0 radical (unpaired) electrons. The summed E-state index contributed by atoms with van der Waals surface area (Å²) in [4.78, 5) is 8.12. The van der Waals surface area contributed by atoms with Gasteiger partial charge in [0.05, 0.1) is 18.9 Å². The summed E-state index contributed by atoms with van der Waals surface area (Å²) < 4.78 is 11.6. The van der Waals surface area contributed by atoms with Crippen molar-refractivity contribution in [3.8, 4) is 22.6 Å². The van der Waals surface area contributed by atoms with E-state index in [1.54, 1.807) is 0 Å². The zero-order valence-electron chi connectivity index (χ0n) is 15.8. The first-order valence-electron chi connectivity index (χ1n) is 9.00. The minimum atomic E-state index is 0. The van der Waals surface area contributed by atoms with E-state index in [1.807, 2.05) is 43.3 Å². The third-order valence-electron chi connectivity index (χ3n) is 4.06. The van der Waals surface area contributed by atoms with Crippen molar-refractivity contribution >= 4 is 24.2 Å². The Morgan fingerprint density at radius 1 is 0.857 bits per heavy atom. The maximum Gasteiger partial charge on any atom is 0.222 e. The number of anilines is 2. The molecule has 0 spiro atoms. The molecule has 0 saturated heterocycles. The lowest BCUT2D eigenvalue weighted by Crippen LogP contribution is -2.11. The van der Waals surface area contributed by atoms with Gasteiger partial charge in [-0.05, 0) is 29.7 Å². The predicted octanol–water partition coefficient (Wildman–Crippen LogP) is 4.14. The Morgan fingerprint density at radius 3 is 2.32 bits per heavy atom. The van der Waals surface area contributed by atoms with Crippen molar-refractivity contribution in [1.29, 1.82) is 0 Å². The van der Waals surface area contributed by atoms with E-state index in [0.29, 0.717) is 31.8 Å². The minimum absolute atomic E-state index is 0. The number of hydrogen-bond acceptors (Lipinski definition) is 6. The second kappa shape index (κ2) is 10.4. The standard InChI is InChI=1S/C21H24N4O2.ClH/c1-2-18-19(20(22)25-21(23)24-18)27-13-7-12-26-17-11-6-10-16(14-17)15-8-4-3-5-9-15;/h3-6,8-11,14H,2,7,12-13H2,1H3,(H4,22,23,24,25);1H. The SMILES string of the molecule is CCc1nc(N)nc(N)c1OCCCOc1cccc(-c2ccccc2)c1.Cl. The van der Waals surface area contributed by atoms with Crippen molar-refractivity contribution in [2.75, 3.05) is 24.7 Å². The van der Waals surface area contributed by atoms with Crippen molar-refractivity contribution in [3.05, 3.63) is 60.3 Å². The van der Waals surface area contributed by atoms with Gasteiger partial charge >= 0.3 is 0 Å². The van der Waals surface area contributed by atoms with E-state index in [-0.39, 0.29) is 24.2 Å². The summed E-state index contributed by atoms with van der Waals surface area (Å²) in [6, 6.07) is 18.3. The van der Waals surface area contributed by atoms with Gasteiger partial charge in [-0.25, -0.2) is 4.98 Å². The third kappa shape index (κ3) is 5.50. The summed E-state index contributed by atoms with van der Waals surface area (Å²) in [6.07, 6.45) is 1.39. The third-order valence-corrected chi connectivity index (χ3v) is 4.06. The maximum atomic E-state index is 5.89. The average Bonchev–Trinajstić information content (AvgIpc) is 2.69. The molecule has 4 N–H and O–H groups in total. The molecular formula is C21H25ClN4O2. The number of halogens is 1. The van der Waals surface area contributed by atoms with Crippen LogP contribution >= 0.6 is 12.4 Å². The molecule has 2 aromatic carbocycles. The lowest BCUT2D eigenvalue weighted by Gasteiger charge is -2.13. The summed E-state index contributed by atoms with van der Waals surface area (Å²) in [7, 11) is 0. The van der Waals surface area contributed by atoms with Gasteiger partial charge in [-0.2, -0.15) is 4.98 Å². The Hall–Kier alpha value is -2.99. The number of benzene rings is 2. The Kier molecular flexibility index (Phi) is 7.89. The fourth-order valence-electron chi connectivity index (χ4n) is 2.75. The van der Waals surface area contributed by atoms with Gasteiger partial charge in [0, 0.05) is 6.42 Å². The number of rotatable bonds is 8. The van der Waals surface area contributed by atoms with Gasteiger partial charge < -0.3 is 20.9 Å². The summed E-state index contributed by atoms with van der Waals surface area (Å²) in [6.45, 7) is 2.97. The van der Waals surface area contributed by atoms with E-state index in [2.05, 4.69) is 28.2 Å². The molecule has 1 heterocycles. The highest BCUT2D eigenvalue weighted by Gasteiger charge is 2.11. The van der Waals surface area contributed by atoms with Crippen LogP contribution in [0.1, 0.15) is 19.0 Å². The van der Waals surface area contributed by atoms with E-state index < -0.39 is 0 Å². The summed E-state index contributed by atoms with van der Waals surface area (Å²) in [5, 5.41) is 0. The largest absolute Gasteiger partial charge is 0.493 e. The highest BCUT2D eigenvalue weighted by molar-refractivity contribution is 5.85. The highest BCUT2D eigenvalue weighted by Crippen LogP contribution is 2.25. The molecule has 0 unspecified atom stereocenters. The van der Waals surface area contributed by atoms with Crippen LogP contribution in [0.2, 0.25) is 0 Å². The normalized spacial score (nSPS) is 10.2. The maximum absolute atomic E-state index is 5.89. The molecule has 0 aliphatic carbocycles. The van der Waals surface area contributed by atoms with Gasteiger partial charge in [-0.15, -0.1) is 12.4 Å². The van der Waals surface area contributed by atoms with Crippen LogP contribution in [0.5, 0.6) is 11.5 Å². The molecule has 0 atom stereocenters. The molecule has 0 bridgehead atoms. The van der Waals surface area contributed by atoms with Crippen LogP contribution in [-0.4, -0.2) is 23.2 Å². The van der Waals surface area contributed by atoms with Crippen LogP contribution in [0, 0.1) is 0 Å². The smallest absolute Gasteiger partial charge is 0.222 e. The van der Waals surface area contributed by atoms with Gasteiger partial charge in [0.25, 0.3) is 0 Å². The summed E-state index contributed by atoms with van der Waals surface area (Å²) >= 11 is 0. The fraction of sp³-hybridized carbons (Fsp3) is 0.238. The Balaban J connectivity index is 0.00000280. The van der Waals surface area contributed by atoms with Crippen LogP contribution in [0.4, 0.5) is 11.8 Å². The first kappa shape index (κ1) is 21.3. The second-order valence-corrected chi connectivity index (χ2v) is 6.04. The van der Waals surface area contributed by atoms with E-state index in [0.717, 1.165) is 22.6 Å². The minimum Gasteiger partial charge on any atom is -0.493 e. The Labute approximate surface area is 171 Å². The number of aromatic nitrogens is 2. The fourth-order valence-corrected chi connectivity index (χ4v) is 2.75.